The van der Waals surface area contributed by atoms with E-state index in [-0.39, 0.29) is 41.0 Å². The van der Waals surface area contributed by atoms with Gasteiger partial charge in [0.15, 0.2) is 30.6 Å². The molecule has 0 aromatic carbocycles. The Kier molecular flexibility index (Phi) is 11.6. The largest absolute Gasteiger partial charge is 0.481 e. The number of allylic oxidation sites excluding steroid dienone is 2. The zero-order chi connectivity index (χ0) is 44.3. The summed E-state index contributed by atoms with van der Waals surface area (Å²) < 4.78 is 28.9. The van der Waals surface area contributed by atoms with Crippen molar-refractivity contribution in [3.8, 4) is 0 Å². The number of hydrogen-bond acceptors (Lipinski definition) is 14. The van der Waals surface area contributed by atoms with Crippen LogP contribution in [0.3, 0.4) is 0 Å². The fraction of sp³-hybridized carbons (Fsp3) is 0.864. The zero-order valence-electron chi connectivity index (χ0n) is 36.0. The molecule has 0 radical (unpaired) electrons. The van der Waals surface area contributed by atoms with Gasteiger partial charge in [-0.15, -0.1) is 0 Å². The zero-order valence-corrected chi connectivity index (χ0v) is 36.0. The van der Waals surface area contributed by atoms with Crippen molar-refractivity contribution in [3.05, 3.63) is 11.6 Å². The highest BCUT2D eigenvalue weighted by atomic mass is 16.8. The number of ether oxygens (including phenoxy) is 5. The standard InChI is InChI=1S/C44H66O16/c1-9-56-35(53)31-26(47)25(46)29(50)36(59-31)60-32-28(49)27(48)30(34(51)52)58-37(32)57-24-11-12-42(6)23(39(24,2)3)10-13-44(8)33(42)22(45)18-20-21-19-41(5,38(54)55)15-14-40(21,4)16-17-43(20,44)7/h18,21,23-33,36-37,46-50H,9-17,19H2,1-8H3,(H,51,52)(H,54,55)/t21-,23-,24-,25-,26-,27-,28-,29+,30-,31-,32+,33+,36-,37+,40+,41-,42-,43+,44+/m0/s1. The van der Waals surface area contributed by atoms with E-state index in [1.807, 2.05) is 26.8 Å². The van der Waals surface area contributed by atoms with Crippen LogP contribution >= 0.6 is 0 Å². The van der Waals surface area contributed by atoms with Gasteiger partial charge in [-0.3, -0.25) is 9.59 Å². The highest BCUT2D eigenvalue weighted by Gasteiger charge is 2.71. The topological polar surface area (TPSA) is 256 Å². The molecule has 2 aliphatic heterocycles. The van der Waals surface area contributed by atoms with Crippen LogP contribution in [0.4, 0.5) is 0 Å². The molecule has 5 aliphatic carbocycles. The van der Waals surface area contributed by atoms with Crippen LogP contribution in [-0.2, 0) is 42.9 Å². The number of fused-ring (bicyclic) bond motifs is 7. The van der Waals surface area contributed by atoms with E-state index in [0.29, 0.717) is 25.7 Å². The highest BCUT2D eigenvalue weighted by molar-refractivity contribution is 5.95. The number of ketones is 1. The van der Waals surface area contributed by atoms with Gasteiger partial charge in [-0.1, -0.05) is 47.1 Å². The third kappa shape index (κ3) is 6.72. The van der Waals surface area contributed by atoms with Gasteiger partial charge in [0.25, 0.3) is 0 Å². The summed E-state index contributed by atoms with van der Waals surface area (Å²) in [6.07, 6.45) is -11.4. The van der Waals surface area contributed by atoms with Crippen LogP contribution in [0.5, 0.6) is 0 Å². The molecule has 7 aliphatic rings. The van der Waals surface area contributed by atoms with Gasteiger partial charge in [-0.2, -0.15) is 0 Å². The average molecular weight is 851 g/mol. The minimum Gasteiger partial charge on any atom is -0.481 e. The van der Waals surface area contributed by atoms with E-state index in [2.05, 4.69) is 27.7 Å². The first-order chi connectivity index (χ1) is 27.8. The Morgan fingerprint density at radius 1 is 0.750 bits per heavy atom. The molecule has 16 heteroatoms. The molecular formula is C44H66O16. The van der Waals surface area contributed by atoms with Gasteiger partial charge in [0.2, 0.25) is 0 Å². The minimum absolute atomic E-state index is 0.0161. The van der Waals surface area contributed by atoms with Crippen molar-refractivity contribution < 1.29 is 78.6 Å². The third-order valence-corrected chi connectivity index (χ3v) is 17.5. The summed E-state index contributed by atoms with van der Waals surface area (Å²) in [5.41, 5.74) is -1.75. The quantitative estimate of drug-likeness (QED) is 0.137. The number of carboxylic acid groups (broad SMARTS) is 2. The molecular weight excluding hydrogens is 784 g/mol. The van der Waals surface area contributed by atoms with E-state index in [1.54, 1.807) is 0 Å². The van der Waals surface area contributed by atoms with Gasteiger partial charge in [0.05, 0.1) is 18.1 Å². The molecule has 0 unspecified atom stereocenters. The normalized spacial score (nSPS) is 51.1. The summed E-state index contributed by atoms with van der Waals surface area (Å²) in [6.45, 7) is 16.4. The molecule has 338 valence electrons. The van der Waals surface area contributed by atoms with Crippen molar-refractivity contribution in [2.45, 2.75) is 181 Å². The summed E-state index contributed by atoms with van der Waals surface area (Å²) in [6, 6.07) is 0. The Bertz CT molecular complexity index is 1770. The first-order valence-electron chi connectivity index (χ1n) is 21.7. The number of carbonyl (C=O) groups excluding carboxylic acids is 2. The van der Waals surface area contributed by atoms with E-state index in [4.69, 9.17) is 23.7 Å². The van der Waals surface area contributed by atoms with Gasteiger partial charge >= 0.3 is 17.9 Å². The van der Waals surface area contributed by atoms with Crippen LogP contribution in [0.25, 0.3) is 0 Å². The van der Waals surface area contributed by atoms with Crippen LogP contribution in [0.2, 0.25) is 0 Å². The van der Waals surface area contributed by atoms with Crippen molar-refractivity contribution in [2.75, 3.05) is 6.61 Å². The maximum absolute atomic E-state index is 14.9. The number of hydrogen-bond donors (Lipinski definition) is 7. The second-order valence-electron chi connectivity index (χ2n) is 21.0. The van der Waals surface area contributed by atoms with Crippen molar-refractivity contribution >= 4 is 23.7 Å². The molecule has 19 atom stereocenters. The lowest BCUT2D eigenvalue weighted by atomic mass is 9.33. The molecule has 6 fully saturated rings. The fourth-order valence-corrected chi connectivity index (χ4v) is 13.6. The molecule has 7 rings (SSSR count). The first kappa shape index (κ1) is 45.5. The second-order valence-corrected chi connectivity index (χ2v) is 21.0. The predicted molar refractivity (Wildman–Crippen MR) is 208 cm³/mol. The van der Waals surface area contributed by atoms with Gasteiger partial charge in [-0.05, 0) is 117 Å². The van der Waals surface area contributed by atoms with E-state index in [1.165, 1.54) is 6.92 Å². The average Bonchev–Trinajstić information content (AvgIpc) is 3.16. The monoisotopic (exact) mass is 850 g/mol. The SMILES string of the molecule is CCOC(=O)[C@H]1O[C@@H](O[C@H]2[C@H](O[C@H]3CC[C@]4(C)[C@H]5C(=O)C=C6[C@@H]7C[C@@](C)(C(=O)O)CC[C@]7(C)CC[C@@]6(C)[C@]5(C)CC[C@H]4C3(C)C)O[C@H](C(=O)O)[C@@H](O)[C@@H]2O)[C@H](O)[C@@H](O)[C@@H]1O. The lowest BCUT2D eigenvalue weighted by Crippen LogP contribution is -2.68. The van der Waals surface area contributed by atoms with Crippen LogP contribution in [0.1, 0.15) is 113 Å². The predicted octanol–water partition coefficient (Wildman–Crippen LogP) is 2.72. The van der Waals surface area contributed by atoms with Crippen molar-refractivity contribution in [3.63, 3.8) is 0 Å². The number of rotatable bonds is 8. The summed E-state index contributed by atoms with van der Waals surface area (Å²) in [5.74, 6) is -3.78. The Hall–Kier alpha value is -2.54. The lowest BCUT2D eigenvalue weighted by molar-refractivity contribution is -0.371. The second kappa shape index (κ2) is 15.3. The van der Waals surface area contributed by atoms with E-state index < -0.39 is 107 Å². The van der Waals surface area contributed by atoms with Crippen LogP contribution < -0.4 is 0 Å². The number of carboxylic acids is 2. The smallest absolute Gasteiger partial charge is 0.338 e. The Morgan fingerprint density at radius 2 is 1.38 bits per heavy atom. The van der Waals surface area contributed by atoms with Crippen LogP contribution in [0.15, 0.2) is 11.6 Å². The molecule has 60 heavy (non-hydrogen) atoms. The van der Waals surface area contributed by atoms with Gasteiger partial charge in [0, 0.05) is 5.92 Å². The van der Waals surface area contributed by atoms with E-state index in [9.17, 15) is 54.9 Å². The first-order valence-corrected chi connectivity index (χ1v) is 21.7. The molecule has 0 aromatic heterocycles. The van der Waals surface area contributed by atoms with Crippen LogP contribution in [0, 0.1) is 50.2 Å². The van der Waals surface area contributed by atoms with E-state index >= 15 is 0 Å². The summed E-state index contributed by atoms with van der Waals surface area (Å²) in [7, 11) is 0. The van der Waals surface area contributed by atoms with Crippen molar-refractivity contribution in [1.29, 1.82) is 0 Å². The van der Waals surface area contributed by atoms with Gasteiger partial charge in [-0.25, -0.2) is 9.59 Å². The maximum Gasteiger partial charge on any atom is 0.338 e. The summed E-state index contributed by atoms with van der Waals surface area (Å²) in [5, 5.41) is 74.4. The number of aliphatic carboxylic acids is 2. The molecule has 2 saturated heterocycles. The Labute approximate surface area is 350 Å². The Morgan fingerprint density at radius 3 is 2.02 bits per heavy atom. The molecule has 2 heterocycles. The summed E-state index contributed by atoms with van der Waals surface area (Å²) in [4.78, 5) is 52.3. The van der Waals surface area contributed by atoms with Crippen LogP contribution in [-0.4, -0.2) is 134 Å². The van der Waals surface area contributed by atoms with Gasteiger partial charge in [0.1, 0.15) is 36.6 Å². The summed E-state index contributed by atoms with van der Waals surface area (Å²) >= 11 is 0. The number of aliphatic hydroxyl groups is 5. The molecule has 16 nitrogen and oxygen atoms in total. The fourth-order valence-electron chi connectivity index (χ4n) is 13.6. The maximum atomic E-state index is 14.9. The molecule has 0 bridgehead atoms. The Balaban J connectivity index is 1.17. The lowest BCUT2D eigenvalue weighted by Gasteiger charge is -2.70. The van der Waals surface area contributed by atoms with Gasteiger partial charge < -0.3 is 59.4 Å². The van der Waals surface area contributed by atoms with Crippen molar-refractivity contribution in [1.82, 2.24) is 0 Å². The van der Waals surface area contributed by atoms with E-state index in [0.717, 1.165) is 37.7 Å². The molecule has 0 spiro atoms. The van der Waals surface area contributed by atoms with Crippen molar-refractivity contribution in [2.24, 2.45) is 50.2 Å². The molecule has 7 N–H and O–H groups in total. The molecule has 0 amide bonds. The molecule has 0 aromatic rings. The highest BCUT2D eigenvalue weighted by Crippen LogP contribution is 2.75. The number of esters is 1. The minimum atomic E-state index is -2.02. The number of carbonyl (C=O) groups is 4. The third-order valence-electron chi connectivity index (χ3n) is 17.5. The number of aliphatic hydroxyl groups excluding tert-OH is 5. The molecule has 4 saturated carbocycles.